The molecule has 1 aromatic heterocycles. The molecule has 3 rings (SSSR count). The van der Waals surface area contributed by atoms with Crippen LogP contribution < -0.4 is 0 Å². The Morgan fingerprint density at radius 2 is 2.16 bits per heavy atom. The summed E-state index contributed by atoms with van der Waals surface area (Å²) in [5.74, 6) is 0.827. The van der Waals surface area contributed by atoms with Gasteiger partial charge < -0.3 is 14.2 Å². The quantitative estimate of drug-likeness (QED) is 0.812. The summed E-state index contributed by atoms with van der Waals surface area (Å²) in [5, 5.41) is 0. The van der Waals surface area contributed by atoms with Gasteiger partial charge in [-0.3, -0.25) is 9.59 Å². The summed E-state index contributed by atoms with van der Waals surface area (Å²) in [6, 6.07) is 2.76. The van der Waals surface area contributed by atoms with Crippen LogP contribution in [-0.2, 0) is 9.59 Å². The van der Waals surface area contributed by atoms with Crippen LogP contribution in [0.4, 0.5) is 0 Å². The molecule has 2 saturated heterocycles. The van der Waals surface area contributed by atoms with Crippen molar-refractivity contribution in [3.8, 4) is 0 Å². The van der Waals surface area contributed by atoms with Gasteiger partial charge in [0.1, 0.15) is 17.8 Å². The van der Waals surface area contributed by atoms with Gasteiger partial charge in [-0.25, -0.2) is 0 Å². The minimum atomic E-state index is -0.415. The zero-order valence-corrected chi connectivity index (χ0v) is 11.2. The number of rotatable bonds is 2. The lowest BCUT2D eigenvalue weighted by Gasteiger charge is -2.43. The van der Waals surface area contributed by atoms with Gasteiger partial charge in [0.15, 0.2) is 0 Å². The largest absolute Gasteiger partial charge is 0.467 e. The molecule has 0 radical (unpaired) electrons. The summed E-state index contributed by atoms with van der Waals surface area (Å²) in [6.45, 7) is 4.42. The average Bonchev–Trinajstić information content (AvgIpc) is 3.07. The average molecular weight is 262 g/mol. The van der Waals surface area contributed by atoms with Crippen LogP contribution in [0.25, 0.3) is 0 Å². The molecule has 5 nitrogen and oxygen atoms in total. The standard InChI is InChI=1S/C14H18N2O3/c1-9(12-6-4-8-19-12)16-10(2)13(17)15-7-3-5-11(15)14(16)18/h4,6,8-11H,3,5,7H2,1-2H3. The summed E-state index contributed by atoms with van der Waals surface area (Å²) in [7, 11) is 0. The van der Waals surface area contributed by atoms with Gasteiger partial charge in [-0.05, 0) is 38.8 Å². The molecular formula is C14H18N2O3. The Bertz CT molecular complexity index is 497. The highest BCUT2D eigenvalue weighted by molar-refractivity contribution is 5.97. The Morgan fingerprint density at radius 3 is 2.84 bits per heavy atom. The second kappa shape index (κ2) is 4.40. The van der Waals surface area contributed by atoms with Gasteiger partial charge in [-0.15, -0.1) is 0 Å². The van der Waals surface area contributed by atoms with Crippen molar-refractivity contribution in [3.63, 3.8) is 0 Å². The number of amides is 2. The molecule has 0 aromatic carbocycles. The van der Waals surface area contributed by atoms with E-state index >= 15 is 0 Å². The highest BCUT2D eigenvalue weighted by atomic mass is 16.3. The molecule has 1 aromatic rings. The molecule has 2 aliphatic rings. The predicted molar refractivity (Wildman–Crippen MR) is 68.2 cm³/mol. The van der Waals surface area contributed by atoms with Gasteiger partial charge in [-0.1, -0.05) is 0 Å². The molecule has 3 heterocycles. The zero-order valence-electron chi connectivity index (χ0n) is 11.2. The van der Waals surface area contributed by atoms with Crippen LogP contribution >= 0.6 is 0 Å². The van der Waals surface area contributed by atoms with E-state index in [9.17, 15) is 9.59 Å². The number of fused-ring (bicyclic) bond motifs is 1. The highest BCUT2D eigenvalue weighted by Gasteiger charge is 2.47. The van der Waals surface area contributed by atoms with Crippen LogP contribution in [0.1, 0.15) is 38.5 Å². The maximum Gasteiger partial charge on any atom is 0.246 e. The molecule has 2 aliphatic heterocycles. The summed E-state index contributed by atoms with van der Waals surface area (Å²) in [4.78, 5) is 28.3. The Balaban J connectivity index is 1.92. The lowest BCUT2D eigenvalue weighted by molar-refractivity contribution is -0.161. The first-order valence-electron chi connectivity index (χ1n) is 6.77. The monoisotopic (exact) mass is 262 g/mol. The number of nitrogens with zero attached hydrogens (tertiary/aromatic N) is 2. The molecule has 5 heteroatoms. The Kier molecular flexibility index (Phi) is 2.84. The Morgan fingerprint density at radius 1 is 1.37 bits per heavy atom. The van der Waals surface area contributed by atoms with Crippen LogP contribution in [0.3, 0.4) is 0 Å². The molecule has 0 spiro atoms. The third-order valence-corrected chi connectivity index (χ3v) is 4.22. The fraction of sp³-hybridized carbons (Fsp3) is 0.571. The molecule has 0 aliphatic carbocycles. The maximum absolute atomic E-state index is 12.6. The van der Waals surface area contributed by atoms with Crippen molar-refractivity contribution in [1.82, 2.24) is 9.80 Å². The number of hydrogen-bond donors (Lipinski definition) is 0. The van der Waals surface area contributed by atoms with E-state index in [1.165, 1.54) is 0 Å². The van der Waals surface area contributed by atoms with Crippen molar-refractivity contribution in [2.24, 2.45) is 0 Å². The van der Waals surface area contributed by atoms with Gasteiger partial charge in [0.05, 0.1) is 12.3 Å². The minimum Gasteiger partial charge on any atom is -0.467 e. The summed E-state index contributed by atoms with van der Waals surface area (Å²) in [6.07, 6.45) is 3.28. The molecule has 3 unspecified atom stereocenters. The minimum absolute atomic E-state index is 0.0495. The number of piperazine rings is 1. The van der Waals surface area contributed by atoms with Crippen molar-refractivity contribution in [1.29, 1.82) is 0 Å². The second-order valence-corrected chi connectivity index (χ2v) is 5.30. The zero-order chi connectivity index (χ0) is 13.6. The van der Waals surface area contributed by atoms with Crippen LogP contribution in [0.5, 0.6) is 0 Å². The van der Waals surface area contributed by atoms with Gasteiger partial charge in [0, 0.05) is 6.54 Å². The van der Waals surface area contributed by atoms with Gasteiger partial charge in [0.2, 0.25) is 11.8 Å². The fourth-order valence-corrected chi connectivity index (χ4v) is 3.20. The normalized spacial score (nSPS) is 28.7. The van der Waals surface area contributed by atoms with Crippen molar-refractivity contribution in [2.45, 2.75) is 44.8 Å². The Labute approximate surface area is 112 Å². The first-order valence-corrected chi connectivity index (χ1v) is 6.77. The number of carbonyl (C=O) groups is 2. The van der Waals surface area contributed by atoms with Crippen molar-refractivity contribution < 1.29 is 14.0 Å². The van der Waals surface area contributed by atoms with Crippen molar-refractivity contribution in [2.75, 3.05) is 6.54 Å². The lowest BCUT2D eigenvalue weighted by Crippen LogP contribution is -2.62. The van der Waals surface area contributed by atoms with Crippen LogP contribution in [0, 0.1) is 0 Å². The number of hydrogen-bond acceptors (Lipinski definition) is 3. The maximum atomic E-state index is 12.6. The molecule has 2 fully saturated rings. The summed E-state index contributed by atoms with van der Waals surface area (Å²) < 4.78 is 5.37. The van der Waals surface area contributed by atoms with E-state index in [2.05, 4.69) is 0 Å². The molecule has 2 amide bonds. The van der Waals surface area contributed by atoms with E-state index in [1.807, 2.05) is 13.0 Å². The third-order valence-electron chi connectivity index (χ3n) is 4.22. The van der Waals surface area contributed by atoms with Crippen LogP contribution in [-0.4, -0.2) is 40.2 Å². The van der Waals surface area contributed by atoms with Gasteiger partial charge >= 0.3 is 0 Å². The topological polar surface area (TPSA) is 53.8 Å². The predicted octanol–water partition coefficient (Wildman–Crippen LogP) is 1.56. The molecular weight excluding hydrogens is 244 g/mol. The molecule has 3 atom stereocenters. The molecule has 0 N–H and O–H groups in total. The molecule has 0 saturated carbocycles. The van der Waals surface area contributed by atoms with E-state index in [0.29, 0.717) is 6.54 Å². The number of carbonyl (C=O) groups excluding carboxylic acids is 2. The fourth-order valence-electron chi connectivity index (χ4n) is 3.20. The van der Waals surface area contributed by atoms with Crippen molar-refractivity contribution in [3.05, 3.63) is 24.2 Å². The Hall–Kier alpha value is -1.78. The molecule has 19 heavy (non-hydrogen) atoms. The van der Waals surface area contributed by atoms with Crippen LogP contribution in [0.15, 0.2) is 22.8 Å². The van der Waals surface area contributed by atoms with Crippen LogP contribution in [0.2, 0.25) is 0 Å². The smallest absolute Gasteiger partial charge is 0.246 e. The third kappa shape index (κ3) is 1.76. The SMILES string of the molecule is CC1C(=O)N2CCCC2C(=O)N1C(C)c1ccco1. The van der Waals surface area contributed by atoms with E-state index in [1.54, 1.807) is 29.1 Å². The van der Waals surface area contributed by atoms with E-state index in [-0.39, 0.29) is 23.9 Å². The van der Waals surface area contributed by atoms with Gasteiger partial charge in [0.25, 0.3) is 0 Å². The van der Waals surface area contributed by atoms with E-state index in [0.717, 1.165) is 18.6 Å². The molecule has 102 valence electrons. The second-order valence-electron chi connectivity index (χ2n) is 5.30. The lowest BCUT2D eigenvalue weighted by atomic mass is 10.0. The highest BCUT2D eigenvalue weighted by Crippen LogP contribution is 2.32. The van der Waals surface area contributed by atoms with E-state index < -0.39 is 6.04 Å². The summed E-state index contributed by atoms with van der Waals surface area (Å²) in [5.41, 5.74) is 0. The summed E-state index contributed by atoms with van der Waals surface area (Å²) >= 11 is 0. The number of furan rings is 1. The van der Waals surface area contributed by atoms with Crippen molar-refractivity contribution >= 4 is 11.8 Å². The molecule has 0 bridgehead atoms. The first-order chi connectivity index (χ1) is 9.11. The van der Waals surface area contributed by atoms with Gasteiger partial charge in [-0.2, -0.15) is 0 Å². The van der Waals surface area contributed by atoms with E-state index in [4.69, 9.17) is 4.42 Å². The first kappa shape index (κ1) is 12.3.